The van der Waals surface area contributed by atoms with Crippen molar-refractivity contribution in [2.24, 2.45) is 0 Å². The third-order valence-electron chi connectivity index (χ3n) is 2.17. The Morgan fingerprint density at radius 2 is 2.50 bits per heavy atom. The van der Waals surface area contributed by atoms with Gasteiger partial charge in [0.1, 0.15) is 0 Å². The normalized spacial score (nSPS) is 46.1. The first-order chi connectivity index (χ1) is 3.86. The van der Waals surface area contributed by atoms with Crippen LogP contribution in [0.1, 0.15) is 6.42 Å². The van der Waals surface area contributed by atoms with Gasteiger partial charge >= 0.3 is 0 Å². The number of nitrogens with one attached hydrogen (secondary N) is 1. The largest absolute Gasteiger partial charge is 0.454 e. The van der Waals surface area contributed by atoms with E-state index in [1.165, 1.54) is 6.42 Å². The van der Waals surface area contributed by atoms with E-state index in [0.717, 1.165) is 25.2 Å². The fourth-order valence-electron chi connectivity index (χ4n) is 1.65. The Labute approximate surface area is 49.9 Å². The van der Waals surface area contributed by atoms with Crippen LogP contribution in [0.15, 0.2) is 0 Å². The molecule has 0 unspecified atom stereocenters. The number of hydrogen-bond donors (Lipinski definition) is 1. The summed E-state index contributed by atoms with van der Waals surface area (Å²) >= 11 is 0. The molecule has 0 aromatic heterocycles. The standard InChI is InChI=1S/C6H11N2/c1-8-4-5-2-6(8)3-7-5/h5-7H,1-4H2/q-1/t5-,6-/m0/s1. The van der Waals surface area contributed by atoms with Crippen LogP contribution in [0.2, 0.25) is 0 Å². The highest BCUT2D eigenvalue weighted by Gasteiger charge is 2.31. The van der Waals surface area contributed by atoms with Crippen molar-refractivity contribution in [2.75, 3.05) is 13.1 Å². The Kier molecular flexibility index (Phi) is 0.866. The molecule has 0 saturated carbocycles. The van der Waals surface area contributed by atoms with E-state index in [9.17, 15) is 0 Å². The van der Waals surface area contributed by atoms with Gasteiger partial charge in [-0.3, -0.25) is 7.05 Å². The van der Waals surface area contributed by atoms with Crippen molar-refractivity contribution < 1.29 is 0 Å². The summed E-state index contributed by atoms with van der Waals surface area (Å²) in [6.45, 7) is 2.32. The molecule has 1 N–H and O–H groups in total. The maximum absolute atomic E-state index is 3.91. The smallest absolute Gasteiger partial charge is 0.0186 e. The van der Waals surface area contributed by atoms with E-state index in [0.29, 0.717) is 0 Å². The molecular formula is C6H11N2-. The lowest BCUT2D eigenvalue weighted by molar-refractivity contribution is 0.305. The summed E-state index contributed by atoms with van der Waals surface area (Å²) < 4.78 is 0. The van der Waals surface area contributed by atoms with Crippen molar-refractivity contribution >= 4 is 0 Å². The molecule has 2 bridgehead atoms. The highest BCUT2D eigenvalue weighted by Crippen LogP contribution is 2.21. The van der Waals surface area contributed by atoms with Crippen molar-refractivity contribution in [2.45, 2.75) is 18.5 Å². The molecule has 0 aliphatic carbocycles. The van der Waals surface area contributed by atoms with Crippen LogP contribution in [0.4, 0.5) is 0 Å². The van der Waals surface area contributed by atoms with Gasteiger partial charge in [0.2, 0.25) is 0 Å². The summed E-state index contributed by atoms with van der Waals surface area (Å²) in [6, 6.07) is 1.51. The lowest BCUT2D eigenvalue weighted by atomic mass is 10.2. The molecule has 46 valence electrons. The van der Waals surface area contributed by atoms with E-state index in [1.807, 2.05) is 0 Å². The summed E-state index contributed by atoms with van der Waals surface area (Å²) in [6.07, 6.45) is 1.32. The first kappa shape index (κ1) is 4.77. The molecule has 0 spiro atoms. The van der Waals surface area contributed by atoms with E-state index >= 15 is 0 Å². The van der Waals surface area contributed by atoms with Crippen molar-refractivity contribution in [3.63, 3.8) is 0 Å². The first-order valence-electron chi connectivity index (χ1n) is 3.17. The van der Waals surface area contributed by atoms with Gasteiger partial charge in [-0.25, -0.2) is 0 Å². The van der Waals surface area contributed by atoms with Crippen LogP contribution in [0.5, 0.6) is 0 Å². The lowest BCUT2D eigenvalue weighted by Gasteiger charge is -2.29. The monoisotopic (exact) mass is 111 g/mol. The van der Waals surface area contributed by atoms with E-state index in [-0.39, 0.29) is 0 Å². The molecule has 2 fully saturated rings. The van der Waals surface area contributed by atoms with Crippen molar-refractivity contribution in [1.82, 2.24) is 10.2 Å². The maximum atomic E-state index is 3.91. The second-order valence-electron chi connectivity index (χ2n) is 2.77. The molecule has 2 heterocycles. The Hall–Kier alpha value is -0.0800. The number of likely N-dealkylation sites (tertiary alicyclic amines) is 1. The molecule has 2 heteroatoms. The van der Waals surface area contributed by atoms with Crippen molar-refractivity contribution in [3.8, 4) is 0 Å². The molecule has 8 heavy (non-hydrogen) atoms. The molecule has 0 aromatic carbocycles. The summed E-state index contributed by atoms with van der Waals surface area (Å²) in [5.41, 5.74) is 0. The van der Waals surface area contributed by atoms with E-state index in [2.05, 4.69) is 17.3 Å². The number of rotatable bonds is 0. The number of hydrogen-bond acceptors (Lipinski definition) is 2. The first-order valence-corrected chi connectivity index (χ1v) is 3.17. The summed E-state index contributed by atoms with van der Waals surface area (Å²) in [5, 5.41) is 3.40. The summed E-state index contributed by atoms with van der Waals surface area (Å²) in [4.78, 5) is 2.20. The number of nitrogens with zero attached hydrogens (tertiary/aromatic N) is 1. The van der Waals surface area contributed by atoms with Crippen LogP contribution in [-0.4, -0.2) is 30.1 Å². The Balaban J connectivity index is 2.11. The zero-order valence-corrected chi connectivity index (χ0v) is 4.93. The molecular weight excluding hydrogens is 100 g/mol. The zero-order chi connectivity index (χ0) is 5.56. The highest BCUT2D eigenvalue weighted by molar-refractivity contribution is 4.96. The average molecular weight is 111 g/mol. The second-order valence-corrected chi connectivity index (χ2v) is 2.77. The third kappa shape index (κ3) is 0.501. The topological polar surface area (TPSA) is 15.3 Å². The average Bonchev–Trinajstić information content (AvgIpc) is 2.23. The molecule has 2 saturated heterocycles. The molecule has 0 radical (unpaired) electrons. The molecule has 0 amide bonds. The molecule has 2 aliphatic heterocycles. The lowest BCUT2D eigenvalue weighted by Crippen LogP contribution is -2.39. The second kappa shape index (κ2) is 1.45. The zero-order valence-electron chi connectivity index (χ0n) is 4.93. The van der Waals surface area contributed by atoms with Crippen molar-refractivity contribution in [3.05, 3.63) is 7.05 Å². The molecule has 2 atom stereocenters. The van der Waals surface area contributed by atoms with Gasteiger partial charge in [0.15, 0.2) is 0 Å². The van der Waals surface area contributed by atoms with Crippen LogP contribution < -0.4 is 5.32 Å². The predicted molar refractivity (Wildman–Crippen MR) is 32.3 cm³/mol. The van der Waals surface area contributed by atoms with E-state index < -0.39 is 0 Å². The van der Waals surface area contributed by atoms with Gasteiger partial charge in [-0.15, -0.1) is 0 Å². The fourth-order valence-corrected chi connectivity index (χ4v) is 1.65. The van der Waals surface area contributed by atoms with Crippen molar-refractivity contribution in [1.29, 1.82) is 0 Å². The van der Waals surface area contributed by atoms with Crippen LogP contribution in [-0.2, 0) is 0 Å². The minimum atomic E-state index is 0.750. The number of fused-ring (bicyclic) bond motifs is 2. The summed E-state index contributed by atoms with van der Waals surface area (Å²) in [7, 11) is 3.91. The van der Waals surface area contributed by atoms with Gasteiger partial charge in [-0.2, -0.15) is 0 Å². The van der Waals surface area contributed by atoms with Gasteiger partial charge in [0.05, 0.1) is 0 Å². The van der Waals surface area contributed by atoms with Gasteiger partial charge in [0.25, 0.3) is 0 Å². The minimum absolute atomic E-state index is 0.750. The van der Waals surface area contributed by atoms with Gasteiger partial charge in [0, 0.05) is 12.6 Å². The molecule has 2 nitrogen and oxygen atoms in total. The number of piperazine rings is 1. The van der Waals surface area contributed by atoms with E-state index in [4.69, 9.17) is 0 Å². The van der Waals surface area contributed by atoms with Gasteiger partial charge in [-0.05, 0) is 19.0 Å². The summed E-state index contributed by atoms with van der Waals surface area (Å²) in [5.74, 6) is 0. The molecule has 0 aromatic rings. The molecule has 2 aliphatic rings. The third-order valence-corrected chi connectivity index (χ3v) is 2.17. The minimum Gasteiger partial charge on any atom is -0.454 e. The maximum Gasteiger partial charge on any atom is 0.0186 e. The fraction of sp³-hybridized carbons (Fsp3) is 0.833. The highest BCUT2D eigenvalue weighted by atomic mass is 15.3. The van der Waals surface area contributed by atoms with Gasteiger partial charge < -0.3 is 10.2 Å². The SMILES string of the molecule is [CH2-]N1C[C@@H]2C[C@H]1CN2. The quantitative estimate of drug-likeness (QED) is 0.436. The van der Waals surface area contributed by atoms with Crippen LogP contribution >= 0.6 is 0 Å². The Bertz CT molecular complexity index is 101. The Morgan fingerprint density at radius 1 is 1.62 bits per heavy atom. The van der Waals surface area contributed by atoms with Gasteiger partial charge in [-0.1, -0.05) is 0 Å². The van der Waals surface area contributed by atoms with Crippen LogP contribution in [0.3, 0.4) is 0 Å². The van der Waals surface area contributed by atoms with Crippen LogP contribution in [0, 0.1) is 7.05 Å². The predicted octanol–water partition coefficient (Wildman–Crippen LogP) is -0.176. The molecule has 2 rings (SSSR count). The Morgan fingerprint density at radius 3 is 2.75 bits per heavy atom. The van der Waals surface area contributed by atoms with E-state index in [1.54, 1.807) is 0 Å². The van der Waals surface area contributed by atoms with Crippen LogP contribution in [0.25, 0.3) is 0 Å².